The predicted molar refractivity (Wildman–Crippen MR) is 64.4 cm³/mol. The van der Waals surface area contributed by atoms with Crippen LogP contribution in [-0.2, 0) is 0 Å². The smallest absolute Gasteiger partial charge is 0.126 e. The molecule has 1 aromatic carbocycles. The monoisotopic (exact) mass is 225 g/mol. The number of hydrogen-bond donors (Lipinski definition) is 1. The maximum atomic E-state index is 13.5. The van der Waals surface area contributed by atoms with E-state index < -0.39 is 0 Å². The third-order valence-corrected chi connectivity index (χ3v) is 2.55. The van der Waals surface area contributed by atoms with E-state index in [1.807, 2.05) is 27.8 Å². The van der Waals surface area contributed by atoms with Gasteiger partial charge in [-0.25, -0.2) is 4.39 Å². The average Bonchev–Trinajstić information content (AvgIpc) is 2.21. The van der Waals surface area contributed by atoms with E-state index in [4.69, 9.17) is 4.74 Å². The van der Waals surface area contributed by atoms with Crippen LogP contribution >= 0.6 is 0 Å². The summed E-state index contributed by atoms with van der Waals surface area (Å²) in [5, 5.41) is 3.09. The first-order chi connectivity index (χ1) is 7.45. The van der Waals surface area contributed by atoms with Gasteiger partial charge in [-0.05, 0) is 52.4 Å². The fourth-order valence-corrected chi connectivity index (χ4v) is 1.52. The van der Waals surface area contributed by atoms with Gasteiger partial charge < -0.3 is 10.1 Å². The zero-order valence-electron chi connectivity index (χ0n) is 10.6. The fourth-order valence-electron chi connectivity index (χ4n) is 1.52. The standard InChI is InChI=1S/C13H20FNO/c1-8(2)16-13-6-9(3)12(14)7-11(13)10(4)15-5/h6-8,10,15H,1-5H3. The first-order valence-corrected chi connectivity index (χ1v) is 5.59. The summed E-state index contributed by atoms with van der Waals surface area (Å²) in [6, 6.07) is 3.39. The Morgan fingerprint density at radius 3 is 2.38 bits per heavy atom. The zero-order chi connectivity index (χ0) is 12.3. The summed E-state index contributed by atoms with van der Waals surface area (Å²) < 4.78 is 19.2. The molecule has 0 bridgehead atoms. The van der Waals surface area contributed by atoms with Crippen LogP contribution in [-0.4, -0.2) is 13.2 Å². The van der Waals surface area contributed by atoms with Crippen LogP contribution in [0.1, 0.15) is 37.9 Å². The molecule has 16 heavy (non-hydrogen) atoms. The average molecular weight is 225 g/mol. The van der Waals surface area contributed by atoms with Gasteiger partial charge in [0.25, 0.3) is 0 Å². The Morgan fingerprint density at radius 2 is 1.88 bits per heavy atom. The topological polar surface area (TPSA) is 21.3 Å². The molecule has 0 spiro atoms. The van der Waals surface area contributed by atoms with E-state index in [2.05, 4.69) is 5.32 Å². The summed E-state index contributed by atoms with van der Waals surface area (Å²) >= 11 is 0. The highest BCUT2D eigenvalue weighted by atomic mass is 19.1. The number of aryl methyl sites for hydroxylation is 1. The van der Waals surface area contributed by atoms with Gasteiger partial charge in [-0.1, -0.05) is 0 Å². The second-order valence-corrected chi connectivity index (χ2v) is 4.32. The predicted octanol–water partition coefficient (Wildman–Crippen LogP) is 3.20. The lowest BCUT2D eigenvalue weighted by Gasteiger charge is -2.19. The van der Waals surface area contributed by atoms with Crippen LogP contribution < -0.4 is 10.1 Å². The molecule has 0 saturated carbocycles. The molecular formula is C13H20FNO. The third-order valence-electron chi connectivity index (χ3n) is 2.55. The first kappa shape index (κ1) is 13.0. The number of rotatable bonds is 4. The highest BCUT2D eigenvalue weighted by Gasteiger charge is 2.14. The van der Waals surface area contributed by atoms with Gasteiger partial charge >= 0.3 is 0 Å². The lowest BCUT2D eigenvalue weighted by atomic mass is 10.0. The van der Waals surface area contributed by atoms with Crippen molar-refractivity contribution in [2.24, 2.45) is 0 Å². The molecule has 1 atom stereocenters. The number of nitrogens with one attached hydrogen (secondary N) is 1. The third kappa shape index (κ3) is 2.95. The van der Waals surface area contributed by atoms with Crippen molar-refractivity contribution in [3.05, 3.63) is 29.1 Å². The highest BCUT2D eigenvalue weighted by molar-refractivity contribution is 5.40. The molecule has 0 amide bonds. The summed E-state index contributed by atoms with van der Waals surface area (Å²) in [5.74, 6) is 0.573. The molecule has 0 heterocycles. The minimum Gasteiger partial charge on any atom is -0.491 e. The molecule has 2 nitrogen and oxygen atoms in total. The van der Waals surface area contributed by atoms with E-state index in [1.165, 1.54) is 0 Å². The van der Waals surface area contributed by atoms with E-state index in [0.29, 0.717) is 5.56 Å². The molecule has 1 N–H and O–H groups in total. The van der Waals surface area contributed by atoms with Crippen molar-refractivity contribution in [1.82, 2.24) is 5.32 Å². The molecule has 0 saturated heterocycles. The maximum absolute atomic E-state index is 13.5. The Hall–Kier alpha value is -1.09. The molecular weight excluding hydrogens is 205 g/mol. The Bertz CT molecular complexity index is 363. The van der Waals surface area contributed by atoms with Crippen molar-refractivity contribution in [2.75, 3.05) is 7.05 Å². The van der Waals surface area contributed by atoms with Crippen molar-refractivity contribution in [3.63, 3.8) is 0 Å². The van der Waals surface area contributed by atoms with Gasteiger partial charge in [-0.15, -0.1) is 0 Å². The number of ether oxygens (including phenoxy) is 1. The summed E-state index contributed by atoms with van der Waals surface area (Å²) in [4.78, 5) is 0. The van der Waals surface area contributed by atoms with E-state index >= 15 is 0 Å². The molecule has 0 aliphatic heterocycles. The summed E-state index contributed by atoms with van der Waals surface area (Å²) in [5.41, 5.74) is 1.47. The van der Waals surface area contributed by atoms with Crippen LogP contribution in [0, 0.1) is 12.7 Å². The second-order valence-electron chi connectivity index (χ2n) is 4.32. The molecule has 1 aromatic rings. The van der Waals surface area contributed by atoms with Gasteiger partial charge in [0.2, 0.25) is 0 Å². The molecule has 0 aliphatic carbocycles. The number of halogens is 1. The maximum Gasteiger partial charge on any atom is 0.126 e. The van der Waals surface area contributed by atoms with Crippen LogP contribution in [0.5, 0.6) is 5.75 Å². The molecule has 3 heteroatoms. The first-order valence-electron chi connectivity index (χ1n) is 5.59. The van der Waals surface area contributed by atoms with Crippen LogP contribution in [0.15, 0.2) is 12.1 Å². The quantitative estimate of drug-likeness (QED) is 0.849. The summed E-state index contributed by atoms with van der Waals surface area (Å²) in [6.07, 6.45) is 0.0904. The second kappa shape index (κ2) is 5.30. The van der Waals surface area contributed by atoms with Gasteiger partial charge in [-0.2, -0.15) is 0 Å². The van der Waals surface area contributed by atoms with Gasteiger partial charge in [0.15, 0.2) is 0 Å². The van der Waals surface area contributed by atoms with Gasteiger partial charge in [0, 0.05) is 11.6 Å². The minimum absolute atomic E-state index is 0.0730. The van der Waals surface area contributed by atoms with Crippen molar-refractivity contribution < 1.29 is 9.13 Å². The lowest BCUT2D eigenvalue weighted by molar-refractivity contribution is 0.237. The number of benzene rings is 1. The van der Waals surface area contributed by atoms with Crippen LogP contribution in [0.2, 0.25) is 0 Å². The van der Waals surface area contributed by atoms with Crippen molar-refractivity contribution in [2.45, 2.75) is 39.8 Å². The van der Waals surface area contributed by atoms with Crippen molar-refractivity contribution >= 4 is 0 Å². The molecule has 0 aromatic heterocycles. The van der Waals surface area contributed by atoms with Crippen molar-refractivity contribution in [3.8, 4) is 5.75 Å². The molecule has 0 fully saturated rings. The Morgan fingerprint density at radius 1 is 1.25 bits per heavy atom. The Balaban J connectivity index is 3.16. The van der Waals surface area contributed by atoms with Crippen LogP contribution in [0.3, 0.4) is 0 Å². The number of hydrogen-bond acceptors (Lipinski definition) is 2. The Labute approximate surface area is 96.8 Å². The van der Waals surface area contributed by atoms with E-state index in [9.17, 15) is 4.39 Å². The SMILES string of the molecule is CNC(C)c1cc(F)c(C)cc1OC(C)C. The zero-order valence-corrected chi connectivity index (χ0v) is 10.6. The minimum atomic E-state index is -0.187. The van der Waals surface area contributed by atoms with Crippen molar-refractivity contribution in [1.29, 1.82) is 0 Å². The lowest BCUT2D eigenvalue weighted by Crippen LogP contribution is -2.16. The molecule has 90 valence electrons. The molecule has 1 rings (SSSR count). The fraction of sp³-hybridized carbons (Fsp3) is 0.538. The van der Waals surface area contributed by atoms with Crippen LogP contribution in [0.25, 0.3) is 0 Å². The molecule has 0 radical (unpaired) electrons. The highest BCUT2D eigenvalue weighted by Crippen LogP contribution is 2.28. The van der Waals surface area contributed by atoms with E-state index in [1.54, 1.807) is 19.1 Å². The van der Waals surface area contributed by atoms with E-state index in [-0.39, 0.29) is 18.0 Å². The summed E-state index contributed by atoms with van der Waals surface area (Å²) in [7, 11) is 1.85. The largest absolute Gasteiger partial charge is 0.491 e. The van der Waals surface area contributed by atoms with Gasteiger partial charge in [0.1, 0.15) is 11.6 Å². The van der Waals surface area contributed by atoms with Crippen LogP contribution in [0.4, 0.5) is 4.39 Å². The van der Waals surface area contributed by atoms with Gasteiger partial charge in [0.05, 0.1) is 6.10 Å². The molecule has 0 aliphatic rings. The van der Waals surface area contributed by atoms with Gasteiger partial charge in [-0.3, -0.25) is 0 Å². The summed E-state index contributed by atoms with van der Waals surface area (Å²) in [6.45, 7) is 7.66. The molecule has 1 unspecified atom stereocenters. The normalized spacial score (nSPS) is 12.9. The Kier molecular flexibility index (Phi) is 4.30. The van der Waals surface area contributed by atoms with E-state index in [0.717, 1.165) is 11.3 Å².